The van der Waals surface area contributed by atoms with Crippen molar-refractivity contribution in [1.82, 2.24) is 0 Å². The van der Waals surface area contributed by atoms with Gasteiger partial charge in [0.15, 0.2) is 12.1 Å². The Morgan fingerprint density at radius 1 is 1.45 bits per heavy atom. The maximum absolute atomic E-state index is 10.7. The Bertz CT molecular complexity index is 130. The van der Waals surface area contributed by atoms with Crippen molar-refractivity contribution in [3.63, 3.8) is 0 Å². The summed E-state index contributed by atoms with van der Waals surface area (Å²) >= 11 is 0. The van der Waals surface area contributed by atoms with Crippen molar-refractivity contribution < 1.29 is 9.59 Å². The van der Waals surface area contributed by atoms with Crippen LogP contribution in [0, 0.1) is 5.92 Å². The molecule has 0 aliphatic heterocycles. The topological polar surface area (TPSA) is 34.1 Å². The van der Waals surface area contributed by atoms with E-state index in [0.29, 0.717) is 6.29 Å². The highest BCUT2D eigenvalue weighted by Crippen LogP contribution is 2.08. The van der Waals surface area contributed by atoms with Crippen LogP contribution in [0.2, 0.25) is 0 Å². The standard InChI is InChI=1S/C9H16O2/c1-3-4-5-6-8(2)9(11)7-10/h7-8H,3-6H2,1-2H3. The van der Waals surface area contributed by atoms with Crippen LogP contribution in [-0.4, -0.2) is 12.1 Å². The molecule has 0 aliphatic carbocycles. The van der Waals surface area contributed by atoms with Gasteiger partial charge in [-0.25, -0.2) is 0 Å². The molecule has 2 nitrogen and oxygen atoms in total. The predicted molar refractivity (Wildman–Crippen MR) is 44.4 cm³/mol. The maximum Gasteiger partial charge on any atom is 0.197 e. The molecule has 11 heavy (non-hydrogen) atoms. The third kappa shape index (κ3) is 4.71. The Labute approximate surface area is 68.0 Å². The van der Waals surface area contributed by atoms with E-state index in [1.807, 2.05) is 6.92 Å². The summed E-state index contributed by atoms with van der Waals surface area (Å²) in [6.07, 6.45) is 4.64. The molecule has 1 unspecified atom stereocenters. The minimum Gasteiger partial charge on any atom is -0.295 e. The summed E-state index contributed by atoms with van der Waals surface area (Å²) in [5, 5.41) is 0. The van der Waals surface area contributed by atoms with Crippen LogP contribution in [-0.2, 0) is 9.59 Å². The van der Waals surface area contributed by atoms with Crippen molar-refractivity contribution in [2.75, 3.05) is 0 Å². The van der Waals surface area contributed by atoms with Crippen LogP contribution in [0.3, 0.4) is 0 Å². The molecular weight excluding hydrogens is 140 g/mol. The van der Waals surface area contributed by atoms with E-state index in [-0.39, 0.29) is 11.7 Å². The lowest BCUT2D eigenvalue weighted by atomic mass is 10.00. The van der Waals surface area contributed by atoms with Gasteiger partial charge in [-0.3, -0.25) is 9.59 Å². The molecule has 2 heteroatoms. The predicted octanol–water partition coefficient (Wildman–Crippen LogP) is 1.97. The fraction of sp³-hybridized carbons (Fsp3) is 0.778. The zero-order valence-electron chi connectivity index (χ0n) is 7.30. The van der Waals surface area contributed by atoms with E-state index < -0.39 is 0 Å². The minimum absolute atomic E-state index is 0.0703. The molecule has 0 saturated heterocycles. The van der Waals surface area contributed by atoms with E-state index in [1.165, 1.54) is 0 Å². The lowest BCUT2D eigenvalue weighted by Crippen LogP contribution is -2.11. The summed E-state index contributed by atoms with van der Waals surface area (Å²) in [4.78, 5) is 20.8. The van der Waals surface area contributed by atoms with Crippen molar-refractivity contribution in [1.29, 1.82) is 0 Å². The Morgan fingerprint density at radius 2 is 2.09 bits per heavy atom. The molecule has 0 bridgehead atoms. The number of Topliss-reactive ketones (excluding diaryl/α,β-unsaturated/α-hetero) is 1. The SMILES string of the molecule is CCCCCC(C)C(=O)C=O. The highest BCUT2D eigenvalue weighted by molar-refractivity contribution is 6.25. The highest BCUT2D eigenvalue weighted by atomic mass is 16.2. The molecule has 0 rings (SSSR count). The number of aldehydes is 1. The molecule has 0 aromatic heterocycles. The first kappa shape index (κ1) is 10.3. The zero-order chi connectivity index (χ0) is 8.69. The van der Waals surface area contributed by atoms with Crippen LogP contribution in [0.4, 0.5) is 0 Å². The van der Waals surface area contributed by atoms with Crippen molar-refractivity contribution in [3.8, 4) is 0 Å². The lowest BCUT2D eigenvalue weighted by molar-refractivity contribution is -0.132. The Morgan fingerprint density at radius 3 is 2.55 bits per heavy atom. The monoisotopic (exact) mass is 156 g/mol. The largest absolute Gasteiger partial charge is 0.295 e. The third-order valence-corrected chi connectivity index (χ3v) is 1.84. The number of carbonyl (C=O) groups is 2. The third-order valence-electron chi connectivity index (χ3n) is 1.84. The van der Waals surface area contributed by atoms with Gasteiger partial charge in [0.25, 0.3) is 0 Å². The lowest BCUT2D eigenvalue weighted by Gasteiger charge is -2.03. The first-order valence-corrected chi connectivity index (χ1v) is 4.21. The summed E-state index contributed by atoms with van der Waals surface area (Å²) in [7, 11) is 0. The summed E-state index contributed by atoms with van der Waals surface area (Å²) in [6.45, 7) is 3.93. The Balaban J connectivity index is 3.43. The molecule has 0 fully saturated rings. The van der Waals surface area contributed by atoms with Gasteiger partial charge in [-0.2, -0.15) is 0 Å². The number of carbonyl (C=O) groups excluding carboxylic acids is 2. The second-order valence-electron chi connectivity index (χ2n) is 2.92. The molecule has 0 heterocycles. The Kier molecular flexibility index (Phi) is 5.71. The molecule has 0 aliphatic rings. The van der Waals surface area contributed by atoms with Crippen molar-refractivity contribution in [2.24, 2.45) is 5.92 Å². The van der Waals surface area contributed by atoms with Gasteiger partial charge >= 0.3 is 0 Å². The molecular formula is C9H16O2. The smallest absolute Gasteiger partial charge is 0.197 e. The normalized spacial score (nSPS) is 12.5. The fourth-order valence-electron chi connectivity index (χ4n) is 0.959. The number of hydrogen-bond donors (Lipinski definition) is 0. The molecule has 0 N–H and O–H groups in total. The van der Waals surface area contributed by atoms with E-state index in [4.69, 9.17) is 0 Å². The summed E-state index contributed by atoms with van der Waals surface area (Å²) in [6, 6.07) is 0. The van der Waals surface area contributed by atoms with Crippen molar-refractivity contribution in [3.05, 3.63) is 0 Å². The highest BCUT2D eigenvalue weighted by Gasteiger charge is 2.09. The van der Waals surface area contributed by atoms with Crippen LogP contribution in [0.15, 0.2) is 0 Å². The molecule has 0 radical (unpaired) electrons. The molecule has 0 aromatic carbocycles. The second-order valence-corrected chi connectivity index (χ2v) is 2.92. The molecule has 0 amide bonds. The first-order chi connectivity index (χ1) is 5.22. The van der Waals surface area contributed by atoms with Crippen LogP contribution in [0.25, 0.3) is 0 Å². The molecule has 1 atom stereocenters. The van der Waals surface area contributed by atoms with Gasteiger partial charge < -0.3 is 0 Å². The Hall–Kier alpha value is -0.660. The first-order valence-electron chi connectivity index (χ1n) is 4.21. The van der Waals surface area contributed by atoms with Gasteiger partial charge in [-0.05, 0) is 6.42 Å². The van der Waals surface area contributed by atoms with Crippen molar-refractivity contribution >= 4 is 12.1 Å². The van der Waals surface area contributed by atoms with Crippen LogP contribution in [0.1, 0.15) is 39.5 Å². The zero-order valence-corrected chi connectivity index (χ0v) is 7.30. The average molecular weight is 156 g/mol. The van der Waals surface area contributed by atoms with E-state index in [9.17, 15) is 9.59 Å². The number of unbranched alkanes of at least 4 members (excludes halogenated alkanes) is 2. The number of hydrogen-bond acceptors (Lipinski definition) is 2. The van der Waals surface area contributed by atoms with Gasteiger partial charge in [-0.15, -0.1) is 0 Å². The molecule has 0 aromatic rings. The van der Waals surface area contributed by atoms with Crippen molar-refractivity contribution in [2.45, 2.75) is 39.5 Å². The van der Waals surface area contributed by atoms with Gasteiger partial charge in [0.05, 0.1) is 0 Å². The van der Waals surface area contributed by atoms with E-state index in [1.54, 1.807) is 0 Å². The summed E-state index contributed by atoms with van der Waals surface area (Å²) in [5.41, 5.74) is 0. The van der Waals surface area contributed by atoms with Crippen LogP contribution in [0.5, 0.6) is 0 Å². The van der Waals surface area contributed by atoms with E-state index in [0.717, 1.165) is 25.7 Å². The maximum atomic E-state index is 10.7. The van der Waals surface area contributed by atoms with E-state index >= 15 is 0 Å². The minimum atomic E-state index is -0.263. The number of rotatable bonds is 6. The van der Waals surface area contributed by atoms with Gasteiger partial charge in [0.2, 0.25) is 0 Å². The van der Waals surface area contributed by atoms with E-state index in [2.05, 4.69) is 6.92 Å². The van der Waals surface area contributed by atoms with Crippen LogP contribution < -0.4 is 0 Å². The van der Waals surface area contributed by atoms with Crippen LogP contribution >= 0.6 is 0 Å². The summed E-state index contributed by atoms with van der Waals surface area (Å²) < 4.78 is 0. The number of ketones is 1. The van der Waals surface area contributed by atoms with Gasteiger partial charge in [0, 0.05) is 5.92 Å². The molecule has 64 valence electrons. The van der Waals surface area contributed by atoms with Gasteiger partial charge in [-0.1, -0.05) is 33.1 Å². The molecule has 0 saturated carbocycles. The quantitative estimate of drug-likeness (QED) is 0.335. The average Bonchev–Trinajstić information content (AvgIpc) is 2.03. The summed E-state index contributed by atoms with van der Waals surface area (Å²) in [5.74, 6) is -0.333. The van der Waals surface area contributed by atoms with Gasteiger partial charge in [0.1, 0.15) is 0 Å². The fourth-order valence-corrected chi connectivity index (χ4v) is 0.959. The second kappa shape index (κ2) is 6.08. The molecule has 0 spiro atoms.